The molecule has 0 unspecified atom stereocenters. The Morgan fingerprint density at radius 3 is 2.31 bits per heavy atom. The molecule has 2 aliphatic heterocycles. The van der Waals surface area contributed by atoms with Gasteiger partial charge in [0.05, 0.1) is 4.90 Å². The number of hydrogen-bond donors (Lipinski definition) is 1. The Balaban J connectivity index is 1.35. The van der Waals surface area contributed by atoms with Gasteiger partial charge >= 0.3 is 0 Å². The van der Waals surface area contributed by atoms with Crippen molar-refractivity contribution in [2.75, 3.05) is 31.5 Å². The summed E-state index contributed by atoms with van der Waals surface area (Å²) in [6.07, 6.45) is 7.32. The molecular formula is C27H33N3O4S. The number of sulfonamides is 1. The van der Waals surface area contributed by atoms with Crippen LogP contribution in [0, 0.1) is 12.8 Å². The fourth-order valence-corrected chi connectivity index (χ4v) is 6.13. The lowest BCUT2D eigenvalue weighted by atomic mass is 9.95. The Bertz CT molecular complexity index is 1180. The summed E-state index contributed by atoms with van der Waals surface area (Å²) < 4.78 is 27.6. The van der Waals surface area contributed by atoms with Crippen molar-refractivity contribution in [1.29, 1.82) is 0 Å². The lowest BCUT2D eigenvalue weighted by Crippen LogP contribution is -2.40. The van der Waals surface area contributed by atoms with Gasteiger partial charge in [-0.25, -0.2) is 8.42 Å². The summed E-state index contributed by atoms with van der Waals surface area (Å²) in [5, 5.41) is 2.95. The average Bonchev–Trinajstić information content (AvgIpc) is 2.89. The molecule has 186 valence electrons. The van der Waals surface area contributed by atoms with Gasteiger partial charge in [0.25, 0.3) is 0 Å². The average molecular weight is 496 g/mol. The number of amides is 2. The molecule has 0 aromatic heterocycles. The second kappa shape index (κ2) is 11.2. The summed E-state index contributed by atoms with van der Waals surface area (Å²) in [5.74, 6) is -0.411. The summed E-state index contributed by atoms with van der Waals surface area (Å²) in [6.45, 7) is 3.95. The fraction of sp³-hybridized carbons (Fsp3) is 0.407. The molecule has 2 aliphatic rings. The molecule has 2 aromatic carbocycles. The first-order valence-corrected chi connectivity index (χ1v) is 13.7. The number of nitrogens with zero attached hydrogens (tertiary/aromatic N) is 2. The predicted octanol–water partition coefficient (Wildman–Crippen LogP) is 4.06. The minimum Gasteiger partial charge on any atom is -0.339 e. The molecule has 7 nitrogen and oxygen atoms in total. The highest BCUT2D eigenvalue weighted by Crippen LogP contribution is 2.27. The topological polar surface area (TPSA) is 86.8 Å². The van der Waals surface area contributed by atoms with Gasteiger partial charge in [-0.1, -0.05) is 42.8 Å². The zero-order chi connectivity index (χ0) is 24.8. The number of benzene rings is 2. The molecule has 0 radical (unpaired) electrons. The first-order chi connectivity index (χ1) is 16.8. The smallest absolute Gasteiger partial charge is 0.246 e. The highest BCUT2D eigenvalue weighted by Gasteiger charge is 2.29. The van der Waals surface area contributed by atoms with E-state index < -0.39 is 10.0 Å². The van der Waals surface area contributed by atoms with Gasteiger partial charge in [-0.15, -0.1) is 0 Å². The van der Waals surface area contributed by atoms with E-state index in [1.54, 1.807) is 35.3 Å². The molecule has 0 saturated carbocycles. The van der Waals surface area contributed by atoms with Crippen molar-refractivity contribution >= 4 is 33.6 Å². The Labute approximate surface area is 207 Å². The van der Waals surface area contributed by atoms with Gasteiger partial charge in [0.1, 0.15) is 0 Å². The molecule has 0 spiro atoms. The molecule has 0 atom stereocenters. The second-order valence-corrected chi connectivity index (χ2v) is 11.2. The number of piperidine rings is 2. The van der Waals surface area contributed by atoms with Crippen LogP contribution >= 0.6 is 0 Å². The molecule has 4 rings (SSSR count). The minimum absolute atomic E-state index is 0.0563. The number of anilines is 1. The van der Waals surface area contributed by atoms with E-state index in [2.05, 4.69) is 5.32 Å². The molecule has 8 heteroatoms. The number of rotatable bonds is 6. The van der Waals surface area contributed by atoms with Gasteiger partial charge in [-0.3, -0.25) is 9.59 Å². The number of nitrogens with one attached hydrogen (secondary N) is 1. The standard InChI is InChI=1S/C27H33N3O4S/c1-21-10-12-24(35(33,34)30-16-6-3-7-17-30)20-25(21)28-27(32)23-14-18-29(19-15-23)26(31)13-11-22-8-4-2-5-9-22/h2,4-5,8-13,20,23H,3,6-7,14-19H2,1H3,(H,28,32)/b13-11+. The summed E-state index contributed by atoms with van der Waals surface area (Å²) in [5.41, 5.74) is 2.31. The number of carbonyl (C=O) groups is 2. The van der Waals surface area contributed by atoms with Gasteiger partial charge in [-0.05, 0) is 61.9 Å². The third kappa shape index (κ3) is 6.18. The Kier molecular flexibility index (Phi) is 8.03. The van der Waals surface area contributed by atoms with Crippen LogP contribution in [0.2, 0.25) is 0 Å². The highest BCUT2D eigenvalue weighted by molar-refractivity contribution is 7.89. The van der Waals surface area contributed by atoms with Crippen LogP contribution in [0.1, 0.15) is 43.2 Å². The fourth-order valence-electron chi connectivity index (χ4n) is 4.58. The van der Waals surface area contributed by atoms with Crippen molar-refractivity contribution in [3.8, 4) is 0 Å². The van der Waals surface area contributed by atoms with E-state index in [0.29, 0.717) is 44.7 Å². The summed E-state index contributed by atoms with van der Waals surface area (Å²) >= 11 is 0. The minimum atomic E-state index is -3.57. The number of aryl methyl sites for hydroxylation is 1. The lowest BCUT2D eigenvalue weighted by molar-refractivity contribution is -0.130. The van der Waals surface area contributed by atoms with Crippen LogP contribution in [0.25, 0.3) is 6.08 Å². The van der Waals surface area contributed by atoms with E-state index in [1.165, 1.54) is 4.31 Å². The van der Waals surface area contributed by atoms with Crippen molar-refractivity contribution in [2.24, 2.45) is 5.92 Å². The summed E-state index contributed by atoms with van der Waals surface area (Å²) in [7, 11) is -3.57. The molecule has 35 heavy (non-hydrogen) atoms. The van der Waals surface area contributed by atoms with Crippen molar-refractivity contribution < 1.29 is 18.0 Å². The van der Waals surface area contributed by atoms with Gasteiger partial charge in [0, 0.05) is 43.9 Å². The van der Waals surface area contributed by atoms with Crippen LogP contribution in [-0.4, -0.2) is 55.6 Å². The molecule has 1 N–H and O–H groups in total. The molecule has 0 aliphatic carbocycles. The summed E-state index contributed by atoms with van der Waals surface area (Å²) in [6, 6.07) is 14.6. The van der Waals surface area contributed by atoms with Crippen LogP contribution < -0.4 is 5.32 Å². The number of likely N-dealkylation sites (tertiary alicyclic amines) is 1. The molecule has 2 fully saturated rings. The van der Waals surface area contributed by atoms with E-state index in [0.717, 1.165) is 30.4 Å². The molecule has 0 bridgehead atoms. The quantitative estimate of drug-likeness (QED) is 0.613. The van der Waals surface area contributed by atoms with Crippen LogP contribution in [0.5, 0.6) is 0 Å². The second-order valence-electron chi connectivity index (χ2n) is 9.27. The van der Waals surface area contributed by atoms with Crippen molar-refractivity contribution in [3.05, 3.63) is 65.7 Å². The van der Waals surface area contributed by atoms with Crippen LogP contribution in [-0.2, 0) is 19.6 Å². The number of hydrogen-bond acceptors (Lipinski definition) is 4. The third-order valence-electron chi connectivity index (χ3n) is 6.82. The zero-order valence-electron chi connectivity index (χ0n) is 20.2. The van der Waals surface area contributed by atoms with Gasteiger partial charge < -0.3 is 10.2 Å². The van der Waals surface area contributed by atoms with Crippen LogP contribution in [0.15, 0.2) is 59.5 Å². The first kappa shape index (κ1) is 25.1. The third-order valence-corrected chi connectivity index (χ3v) is 8.71. The largest absolute Gasteiger partial charge is 0.339 e. The Morgan fingerprint density at radius 2 is 1.63 bits per heavy atom. The maximum atomic E-state index is 13.1. The first-order valence-electron chi connectivity index (χ1n) is 12.3. The van der Waals surface area contributed by atoms with E-state index >= 15 is 0 Å². The molecule has 2 heterocycles. The van der Waals surface area contributed by atoms with Gasteiger partial charge in [0.2, 0.25) is 21.8 Å². The normalized spacial score (nSPS) is 18.0. The summed E-state index contributed by atoms with van der Waals surface area (Å²) in [4.78, 5) is 27.5. The lowest BCUT2D eigenvalue weighted by Gasteiger charge is -2.31. The Hall–Kier alpha value is -2.97. The molecule has 2 saturated heterocycles. The van der Waals surface area contributed by atoms with E-state index in [9.17, 15) is 18.0 Å². The predicted molar refractivity (Wildman–Crippen MR) is 137 cm³/mol. The SMILES string of the molecule is Cc1ccc(S(=O)(=O)N2CCCCC2)cc1NC(=O)C1CCN(C(=O)/C=C/c2ccccc2)CC1. The van der Waals surface area contributed by atoms with E-state index in [4.69, 9.17) is 0 Å². The number of carbonyl (C=O) groups excluding carboxylic acids is 2. The maximum Gasteiger partial charge on any atom is 0.246 e. The van der Waals surface area contributed by atoms with Gasteiger partial charge in [-0.2, -0.15) is 4.31 Å². The zero-order valence-corrected chi connectivity index (χ0v) is 21.0. The molecular weight excluding hydrogens is 462 g/mol. The maximum absolute atomic E-state index is 13.1. The van der Waals surface area contributed by atoms with Crippen molar-refractivity contribution in [2.45, 2.75) is 43.9 Å². The molecule has 2 aromatic rings. The Morgan fingerprint density at radius 1 is 0.943 bits per heavy atom. The van der Waals surface area contributed by atoms with Crippen LogP contribution in [0.4, 0.5) is 5.69 Å². The van der Waals surface area contributed by atoms with E-state index in [1.807, 2.05) is 37.3 Å². The highest BCUT2D eigenvalue weighted by atomic mass is 32.2. The van der Waals surface area contributed by atoms with Gasteiger partial charge in [0.15, 0.2) is 0 Å². The van der Waals surface area contributed by atoms with E-state index in [-0.39, 0.29) is 22.6 Å². The van der Waals surface area contributed by atoms with Crippen LogP contribution in [0.3, 0.4) is 0 Å². The molecule has 2 amide bonds. The van der Waals surface area contributed by atoms with Crippen molar-refractivity contribution in [1.82, 2.24) is 9.21 Å². The van der Waals surface area contributed by atoms with Crippen molar-refractivity contribution in [3.63, 3.8) is 0 Å². The monoisotopic (exact) mass is 495 g/mol.